The Morgan fingerprint density at radius 1 is 1.14 bits per heavy atom. The molecule has 0 unspecified atom stereocenters. The summed E-state index contributed by atoms with van der Waals surface area (Å²) in [5, 5.41) is 3.37. The number of hydrogen-bond donors (Lipinski definition) is 1. The lowest BCUT2D eigenvalue weighted by Gasteiger charge is -2.33. The summed E-state index contributed by atoms with van der Waals surface area (Å²) in [5.41, 5.74) is 1.19. The molecule has 1 N–H and O–H groups in total. The summed E-state index contributed by atoms with van der Waals surface area (Å²) in [5.74, 6) is 1.52. The summed E-state index contributed by atoms with van der Waals surface area (Å²) >= 11 is 0. The van der Waals surface area contributed by atoms with Gasteiger partial charge in [-0.25, -0.2) is 0 Å². The number of methoxy groups -OCH3 is 2. The third-order valence-electron chi connectivity index (χ3n) is 3.52. The van der Waals surface area contributed by atoms with Crippen LogP contribution in [0.15, 0.2) is 30.9 Å². The van der Waals surface area contributed by atoms with Crippen molar-refractivity contribution in [2.75, 3.05) is 40.4 Å². The van der Waals surface area contributed by atoms with Crippen LogP contribution in [0.5, 0.6) is 11.5 Å². The Morgan fingerprint density at radius 2 is 1.76 bits per heavy atom. The molecular formula is C15H24Cl2N2O2. The molecule has 0 spiro atoms. The summed E-state index contributed by atoms with van der Waals surface area (Å²) in [7, 11) is 3.31. The average Bonchev–Trinajstić information content (AvgIpc) is 2.49. The van der Waals surface area contributed by atoms with Crippen molar-refractivity contribution in [1.82, 2.24) is 10.2 Å². The van der Waals surface area contributed by atoms with Gasteiger partial charge in [0.2, 0.25) is 0 Å². The highest BCUT2D eigenvalue weighted by Gasteiger charge is 2.20. The van der Waals surface area contributed by atoms with Crippen LogP contribution in [0, 0.1) is 0 Å². The monoisotopic (exact) mass is 334 g/mol. The van der Waals surface area contributed by atoms with Gasteiger partial charge in [-0.1, -0.05) is 12.1 Å². The first kappa shape index (κ1) is 20.1. The highest BCUT2D eigenvalue weighted by atomic mass is 35.5. The Morgan fingerprint density at radius 3 is 2.29 bits per heavy atom. The van der Waals surface area contributed by atoms with E-state index in [-0.39, 0.29) is 30.9 Å². The topological polar surface area (TPSA) is 33.7 Å². The summed E-state index contributed by atoms with van der Waals surface area (Å²) in [4.78, 5) is 2.42. The molecule has 1 heterocycles. The van der Waals surface area contributed by atoms with Crippen molar-refractivity contribution in [2.45, 2.75) is 6.04 Å². The number of rotatable bonds is 5. The van der Waals surface area contributed by atoms with Gasteiger partial charge in [0.05, 0.1) is 20.3 Å². The Hall–Kier alpha value is -0.940. The summed E-state index contributed by atoms with van der Waals surface area (Å²) in [6.07, 6.45) is 1.99. The van der Waals surface area contributed by atoms with Crippen LogP contribution < -0.4 is 14.8 Å². The highest BCUT2D eigenvalue weighted by molar-refractivity contribution is 5.85. The SMILES string of the molecule is C=C[C@@H](c1ccc(OC)c(OC)c1)N1CCNCC1.Cl.Cl. The lowest BCUT2D eigenvalue weighted by Crippen LogP contribution is -2.44. The van der Waals surface area contributed by atoms with Crippen LogP contribution in [0.2, 0.25) is 0 Å². The molecule has 21 heavy (non-hydrogen) atoms. The van der Waals surface area contributed by atoms with E-state index in [1.165, 1.54) is 5.56 Å². The van der Waals surface area contributed by atoms with E-state index in [1.54, 1.807) is 14.2 Å². The molecule has 6 heteroatoms. The molecule has 120 valence electrons. The second-order valence-corrected chi connectivity index (χ2v) is 4.58. The van der Waals surface area contributed by atoms with Gasteiger partial charge in [0.25, 0.3) is 0 Å². The van der Waals surface area contributed by atoms with Crippen molar-refractivity contribution in [3.05, 3.63) is 36.4 Å². The molecule has 1 aliphatic heterocycles. The number of nitrogens with zero attached hydrogens (tertiary/aromatic N) is 1. The van der Waals surface area contributed by atoms with Gasteiger partial charge in [0.15, 0.2) is 11.5 Å². The molecule has 1 aromatic rings. The first-order chi connectivity index (χ1) is 9.30. The first-order valence-corrected chi connectivity index (χ1v) is 6.59. The zero-order chi connectivity index (χ0) is 13.7. The highest BCUT2D eigenvalue weighted by Crippen LogP contribution is 2.32. The molecule has 4 nitrogen and oxygen atoms in total. The van der Waals surface area contributed by atoms with Gasteiger partial charge in [-0.05, 0) is 17.7 Å². The molecule has 2 rings (SSSR count). The maximum Gasteiger partial charge on any atom is 0.161 e. The fourth-order valence-corrected chi connectivity index (χ4v) is 2.49. The van der Waals surface area contributed by atoms with Gasteiger partial charge in [-0.3, -0.25) is 4.90 Å². The molecule has 1 aliphatic rings. The van der Waals surface area contributed by atoms with E-state index >= 15 is 0 Å². The Labute approximate surface area is 139 Å². The molecule has 0 amide bonds. The second kappa shape index (κ2) is 9.90. The predicted octanol–water partition coefficient (Wildman–Crippen LogP) is 2.68. The summed E-state index contributed by atoms with van der Waals surface area (Å²) in [6.45, 7) is 8.09. The third-order valence-corrected chi connectivity index (χ3v) is 3.52. The molecular weight excluding hydrogens is 311 g/mol. The molecule has 1 saturated heterocycles. The minimum absolute atomic E-state index is 0. The Bertz CT molecular complexity index is 438. The van der Waals surface area contributed by atoms with Crippen LogP contribution in [-0.4, -0.2) is 45.3 Å². The van der Waals surface area contributed by atoms with Crippen LogP contribution in [0.4, 0.5) is 0 Å². The van der Waals surface area contributed by atoms with Crippen molar-refractivity contribution >= 4 is 24.8 Å². The van der Waals surface area contributed by atoms with E-state index < -0.39 is 0 Å². The Kier molecular flexibility index (Phi) is 9.46. The van der Waals surface area contributed by atoms with Crippen LogP contribution in [0.25, 0.3) is 0 Å². The van der Waals surface area contributed by atoms with Crippen LogP contribution in [0.1, 0.15) is 11.6 Å². The predicted molar refractivity (Wildman–Crippen MR) is 91.4 cm³/mol. The molecule has 0 saturated carbocycles. The summed E-state index contributed by atoms with van der Waals surface area (Å²) < 4.78 is 10.6. The Balaban J connectivity index is 0.00000200. The third kappa shape index (κ3) is 4.78. The fraction of sp³-hybridized carbons (Fsp3) is 0.467. The average molecular weight is 335 g/mol. The van der Waals surface area contributed by atoms with E-state index in [9.17, 15) is 0 Å². The van der Waals surface area contributed by atoms with Gasteiger partial charge in [-0.15, -0.1) is 31.4 Å². The minimum atomic E-state index is 0. The second-order valence-electron chi connectivity index (χ2n) is 4.58. The van der Waals surface area contributed by atoms with Gasteiger partial charge in [0.1, 0.15) is 0 Å². The molecule has 1 aromatic carbocycles. The van der Waals surface area contributed by atoms with Gasteiger partial charge in [-0.2, -0.15) is 0 Å². The van der Waals surface area contributed by atoms with Crippen molar-refractivity contribution in [2.24, 2.45) is 0 Å². The van der Waals surface area contributed by atoms with Crippen molar-refractivity contribution in [3.8, 4) is 11.5 Å². The number of piperazine rings is 1. The number of halogens is 2. The van der Waals surface area contributed by atoms with Gasteiger partial charge < -0.3 is 14.8 Å². The molecule has 0 aromatic heterocycles. The normalized spacial score (nSPS) is 16.1. The van der Waals surface area contributed by atoms with Crippen molar-refractivity contribution < 1.29 is 9.47 Å². The summed E-state index contributed by atoms with van der Waals surface area (Å²) in [6, 6.07) is 6.29. The van der Waals surface area contributed by atoms with Crippen molar-refractivity contribution in [3.63, 3.8) is 0 Å². The van der Waals surface area contributed by atoms with E-state index in [0.29, 0.717) is 0 Å². The number of hydrogen-bond acceptors (Lipinski definition) is 4. The van der Waals surface area contributed by atoms with Crippen LogP contribution in [-0.2, 0) is 0 Å². The molecule has 0 radical (unpaired) electrons. The van der Waals surface area contributed by atoms with E-state index in [0.717, 1.165) is 37.7 Å². The molecule has 1 atom stereocenters. The van der Waals surface area contributed by atoms with Crippen LogP contribution >= 0.6 is 24.8 Å². The molecule has 1 fully saturated rings. The maximum absolute atomic E-state index is 5.37. The number of nitrogens with one attached hydrogen (secondary N) is 1. The zero-order valence-electron chi connectivity index (χ0n) is 12.5. The zero-order valence-corrected chi connectivity index (χ0v) is 14.1. The smallest absolute Gasteiger partial charge is 0.161 e. The lowest BCUT2D eigenvalue weighted by atomic mass is 10.0. The lowest BCUT2D eigenvalue weighted by molar-refractivity contribution is 0.203. The number of benzene rings is 1. The van der Waals surface area contributed by atoms with Gasteiger partial charge in [0, 0.05) is 26.2 Å². The first-order valence-electron chi connectivity index (χ1n) is 6.59. The van der Waals surface area contributed by atoms with Crippen LogP contribution in [0.3, 0.4) is 0 Å². The van der Waals surface area contributed by atoms with E-state index in [1.807, 2.05) is 18.2 Å². The number of ether oxygens (including phenoxy) is 2. The van der Waals surface area contributed by atoms with E-state index in [2.05, 4.69) is 22.9 Å². The van der Waals surface area contributed by atoms with E-state index in [4.69, 9.17) is 9.47 Å². The quantitative estimate of drug-likeness (QED) is 0.839. The standard InChI is InChI=1S/C15H22N2O2.2ClH/c1-4-13(17-9-7-16-8-10-17)12-5-6-14(18-2)15(11-12)19-3;;/h4-6,11,13,16H,1,7-10H2,2-3H3;2*1H/t13-;;/m0../s1. The molecule has 0 bridgehead atoms. The van der Waals surface area contributed by atoms with Gasteiger partial charge >= 0.3 is 0 Å². The fourth-order valence-electron chi connectivity index (χ4n) is 2.49. The van der Waals surface area contributed by atoms with Crippen molar-refractivity contribution in [1.29, 1.82) is 0 Å². The largest absolute Gasteiger partial charge is 0.493 e. The minimum Gasteiger partial charge on any atom is -0.493 e. The maximum atomic E-state index is 5.37. The molecule has 0 aliphatic carbocycles.